The Bertz CT molecular complexity index is 1060. The molecule has 4 rings (SSSR count). The smallest absolute Gasteiger partial charge is 0.247 e. The number of aromatic nitrogens is 1. The number of rotatable bonds is 4. The van der Waals surface area contributed by atoms with Crippen LogP contribution in [0, 0.1) is 6.92 Å². The average molecular weight is 368 g/mol. The van der Waals surface area contributed by atoms with Crippen LogP contribution in [0.25, 0.3) is 11.1 Å². The molecular weight excluding hydrogens is 348 g/mol. The molecule has 28 heavy (non-hydrogen) atoms. The molecule has 0 spiro atoms. The van der Waals surface area contributed by atoms with Gasteiger partial charge in [-0.25, -0.2) is 4.99 Å². The number of fused-ring (bicyclic) bond motifs is 1. The number of nitrogens with zero attached hydrogens (tertiary/aromatic N) is 2. The lowest BCUT2D eigenvalue weighted by Crippen LogP contribution is -2.34. The number of aryl methyl sites for hydroxylation is 1. The van der Waals surface area contributed by atoms with Crippen LogP contribution in [0.1, 0.15) is 16.8 Å². The number of allylic oxidation sites excluding steroid dienone is 2. The first kappa shape index (κ1) is 17.7. The van der Waals surface area contributed by atoms with Crippen LogP contribution in [-0.4, -0.2) is 23.3 Å². The molecule has 0 fully saturated rings. The van der Waals surface area contributed by atoms with Crippen molar-refractivity contribution in [1.82, 2.24) is 10.3 Å². The van der Waals surface area contributed by atoms with E-state index in [2.05, 4.69) is 45.4 Å². The number of carbonyl (C=O) groups excluding carboxylic acids is 1. The van der Waals surface area contributed by atoms with Gasteiger partial charge in [-0.05, 0) is 65.6 Å². The van der Waals surface area contributed by atoms with E-state index in [0.717, 1.165) is 39.2 Å². The Morgan fingerprint density at radius 2 is 2.11 bits per heavy atom. The van der Waals surface area contributed by atoms with E-state index < -0.39 is 0 Å². The summed E-state index contributed by atoms with van der Waals surface area (Å²) in [5.74, 6) is -0.232. The monoisotopic (exact) mass is 368 g/mol. The van der Waals surface area contributed by atoms with E-state index in [4.69, 9.17) is 0 Å². The second kappa shape index (κ2) is 7.48. The minimum atomic E-state index is -0.232. The van der Waals surface area contributed by atoms with Gasteiger partial charge in [0, 0.05) is 29.3 Å². The highest BCUT2D eigenvalue weighted by Crippen LogP contribution is 2.35. The summed E-state index contributed by atoms with van der Waals surface area (Å²) in [7, 11) is 0. The van der Waals surface area contributed by atoms with E-state index in [1.807, 2.05) is 49.7 Å². The lowest BCUT2D eigenvalue weighted by molar-refractivity contribution is -0.111. The molecular formula is C23H20N4O. The van der Waals surface area contributed by atoms with Crippen molar-refractivity contribution in [3.05, 3.63) is 96.0 Å². The van der Waals surface area contributed by atoms with Crippen LogP contribution >= 0.6 is 0 Å². The van der Waals surface area contributed by atoms with Gasteiger partial charge in [-0.1, -0.05) is 24.8 Å². The number of anilines is 1. The number of pyridine rings is 1. The molecule has 1 unspecified atom stereocenters. The number of benzene rings is 1. The average Bonchev–Trinajstić information content (AvgIpc) is 2.73. The first-order valence-electron chi connectivity index (χ1n) is 9.02. The van der Waals surface area contributed by atoms with Crippen LogP contribution in [0.4, 0.5) is 5.69 Å². The van der Waals surface area contributed by atoms with Crippen molar-refractivity contribution < 1.29 is 4.79 Å². The first-order valence-corrected chi connectivity index (χ1v) is 9.02. The molecule has 1 amide bonds. The third-order valence-corrected chi connectivity index (χ3v) is 4.71. The van der Waals surface area contributed by atoms with Crippen molar-refractivity contribution in [3.8, 4) is 0 Å². The number of amides is 1. The van der Waals surface area contributed by atoms with Gasteiger partial charge < -0.3 is 10.6 Å². The van der Waals surface area contributed by atoms with E-state index in [0.29, 0.717) is 0 Å². The summed E-state index contributed by atoms with van der Waals surface area (Å²) in [4.78, 5) is 20.3. The zero-order chi connectivity index (χ0) is 19.5. The van der Waals surface area contributed by atoms with E-state index in [1.54, 1.807) is 6.34 Å². The Balaban J connectivity index is 1.77. The lowest BCUT2D eigenvalue weighted by Gasteiger charge is -2.28. The van der Waals surface area contributed by atoms with Gasteiger partial charge in [0.2, 0.25) is 5.91 Å². The van der Waals surface area contributed by atoms with Crippen LogP contribution in [0.2, 0.25) is 0 Å². The van der Waals surface area contributed by atoms with E-state index >= 15 is 0 Å². The van der Waals surface area contributed by atoms with Crippen molar-refractivity contribution in [1.29, 1.82) is 0 Å². The standard InChI is InChI=1S/C23H20N4O/c1-3-22(28)27-20-6-4-5-16(10-20)21-11-18(17-8-7-15(2)25-13-17)9-19-12-24-14-26-23(19)21/h3-14,23H,1H2,2H3,(H,24,26)(H,27,28). The molecule has 1 atom stereocenters. The molecule has 0 radical (unpaired) electrons. The predicted octanol–water partition coefficient (Wildman–Crippen LogP) is 3.88. The Morgan fingerprint density at radius 3 is 2.89 bits per heavy atom. The number of nitrogens with one attached hydrogen (secondary N) is 2. The van der Waals surface area contributed by atoms with Crippen LogP contribution in [0.3, 0.4) is 0 Å². The second-order valence-electron chi connectivity index (χ2n) is 6.67. The van der Waals surface area contributed by atoms with E-state index in [-0.39, 0.29) is 11.9 Å². The van der Waals surface area contributed by atoms with Crippen LogP contribution < -0.4 is 10.6 Å². The van der Waals surface area contributed by atoms with Gasteiger partial charge in [0.25, 0.3) is 0 Å². The fraction of sp³-hybridized carbons (Fsp3) is 0.0870. The number of aliphatic imine (C=N–C) groups is 1. The Hall–Kier alpha value is -3.73. The molecule has 2 aromatic rings. The van der Waals surface area contributed by atoms with Gasteiger partial charge in [-0.3, -0.25) is 9.78 Å². The molecule has 2 heterocycles. The highest BCUT2D eigenvalue weighted by molar-refractivity contribution is 5.99. The topological polar surface area (TPSA) is 66.4 Å². The largest absolute Gasteiger partial charge is 0.365 e. The highest BCUT2D eigenvalue weighted by Gasteiger charge is 2.25. The molecule has 1 aliphatic carbocycles. The number of hydrogen-bond donors (Lipinski definition) is 2. The van der Waals surface area contributed by atoms with Crippen molar-refractivity contribution in [3.63, 3.8) is 0 Å². The summed E-state index contributed by atoms with van der Waals surface area (Å²) in [6.07, 6.45) is 11.0. The Labute approximate surface area is 163 Å². The molecule has 5 nitrogen and oxygen atoms in total. The third-order valence-electron chi connectivity index (χ3n) is 4.71. The minimum absolute atomic E-state index is 0.00464. The summed E-state index contributed by atoms with van der Waals surface area (Å²) in [5, 5.41) is 6.15. The zero-order valence-electron chi connectivity index (χ0n) is 15.5. The van der Waals surface area contributed by atoms with Gasteiger partial charge in [0.05, 0.1) is 12.4 Å². The lowest BCUT2D eigenvalue weighted by atomic mass is 9.84. The Morgan fingerprint density at radius 1 is 1.21 bits per heavy atom. The van der Waals surface area contributed by atoms with E-state index in [1.165, 1.54) is 6.08 Å². The summed E-state index contributed by atoms with van der Waals surface area (Å²) in [5.41, 5.74) is 7.03. The maximum absolute atomic E-state index is 11.7. The zero-order valence-corrected chi connectivity index (χ0v) is 15.5. The van der Waals surface area contributed by atoms with Crippen molar-refractivity contribution in [2.45, 2.75) is 13.0 Å². The maximum Gasteiger partial charge on any atom is 0.247 e. The van der Waals surface area contributed by atoms with Crippen molar-refractivity contribution in [2.75, 3.05) is 5.32 Å². The van der Waals surface area contributed by atoms with Gasteiger partial charge in [0.15, 0.2) is 0 Å². The molecule has 1 aliphatic heterocycles. The molecule has 1 aromatic carbocycles. The van der Waals surface area contributed by atoms with Crippen LogP contribution in [0.15, 0.2) is 84.2 Å². The molecule has 0 saturated carbocycles. The summed E-state index contributed by atoms with van der Waals surface area (Å²) >= 11 is 0. The third kappa shape index (κ3) is 3.55. The summed E-state index contributed by atoms with van der Waals surface area (Å²) < 4.78 is 0. The normalized spacial score (nSPS) is 17.5. The molecule has 2 aliphatic rings. The van der Waals surface area contributed by atoms with Gasteiger partial charge in [0.1, 0.15) is 0 Å². The highest BCUT2D eigenvalue weighted by atomic mass is 16.1. The molecule has 1 aromatic heterocycles. The predicted molar refractivity (Wildman–Crippen MR) is 114 cm³/mol. The minimum Gasteiger partial charge on any atom is -0.365 e. The maximum atomic E-state index is 11.7. The molecule has 138 valence electrons. The molecule has 5 heteroatoms. The van der Waals surface area contributed by atoms with Gasteiger partial charge >= 0.3 is 0 Å². The second-order valence-corrected chi connectivity index (χ2v) is 6.67. The summed E-state index contributed by atoms with van der Waals surface area (Å²) in [6.45, 7) is 5.48. The fourth-order valence-electron chi connectivity index (χ4n) is 3.30. The van der Waals surface area contributed by atoms with Crippen LogP contribution in [0.5, 0.6) is 0 Å². The van der Waals surface area contributed by atoms with E-state index in [9.17, 15) is 4.79 Å². The molecule has 0 saturated heterocycles. The molecule has 0 bridgehead atoms. The summed E-state index contributed by atoms with van der Waals surface area (Å²) in [6, 6.07) is 11.9. The SMILES string of the molecule is C=CC(=O)Nc1cccc(C2=CC(c3ccc(C)nc3)=CC3=CN=CNC32)c1. The fourth-order valence-corrected chi connectivity index (χ4v) is 3.30. The molecule has 2 N–H and O–H groups in total. The number of hydrogen-bond acceptors (Lipinski definition) is 4. The van der Waals surface area contributed by atoms with Crippen molar-refractivity contribution in [2.24, 2.45) is 4.99 Å². The van der Waals surface area contributed by atoms with Gasteiger partial charge in [-0.15, -0.1) is 0 Å². The first-order chi connectivity index (χ1) is 13.6. The van der Waals surface area contributed by atoms with Crippen molar-refractivity contribution >= 4 is 29.1 Å². The number of carbonyl (C=O) groups is 1. The van der Waals surface area contributed by atoms with Gasteiger partial charge in [-0.2, -0.15) is 0 Å². The van der Waals surface area contributed by atoms with Crippen LogP contribution in [-0.2, 0) is 4.79 Å². The Kier molecular flexibility index (Phi) is 4.72. The quantitative estimate of drug-likeness (QED) is 0.805.